The summed E-state index contributed by atoms with van der Waals surface area (Å²) in [7, 11) is 0. The van der Waals surface area contributed by atoms with Crippen LogP contribution < -0.4 is 10.5 Å². The molecule has 0 unspecified atom stereocenters. The Morgan fingerprint density at radius 1 is 1.24 bits per heavy atom. The van der Waals surface area contributed by atoms with Crippen molar-refractivity contribution in [2.45, 2.75) is 6.92 Å². The quantitative estimate of drug-likeness (QED) is 0.663. The lowest BCUT2D eigenvalue weighted by Crippen LogP contribution is -2.03. The highest BCUT2D eigenvalue weighted by Crippen LogP contribution is 2.33. The zero-order chi connectivity index (χ0) is 15.6. The Kier molecular flexibility index (Phi) is 3.61. The Balaban J connectivity index is 2.39. The van der Waals surface area contributed by atoms with Crippen LogP contribution in [0.1, 0.15) is 5.56 Å². The van der Waals surface area contributed by atoms with Crippen molar-refractivity contribution in [3.63, 3.8) is 0 Å². The molecule has 1 aromatic carbocycles. The highest BCUT2D eigenvalue weighted by Gasteiger charge is 2.21. The van der Waals surface area contributed by atoms with Crippen LogP contribution in [0.3, 0.4) is 0 Å². The predicted octanol–water partition coefficient (Wildman–Crippen LogP) is 1.98. The van der Waals surface area contributed by atoms with Gasteiger partial charge in [-0.15, -0.1) is 0 Å². The van der Waals surface area contributed by atoms with Crippen molar-refractivity contribution in [2.24, 2.45) is 0 Å². The molecule has 21 heavy (non-hydrogen) atoms. The van der Waals surface area contributed by atoms with Crippen molar-refractivity contribution >= 4 is 17.2 Å². The molecule has 0 bridgehead atoms. The van der Waals surface area contributed by atoms with Gasteiger partial charge in [0, 0.05) is 5.56 Å². The molecule has 0 fully saturated rings. The summed E-state index contributed by atoms with van der Waals surface area (Å²) < 4.78 is 5.20. The second kappa shape index (κ2) is 5.36. The molecule has 0 spiro atoms. The molecule has 0 aliphatic heterocycles. The normalized spacial score (nSPS) is 10.1. The standard InChI is InChI=1S/C11H9N5O5/c1-6-3-2-4-8(9(6)16(19)20)21-11-13-5-7(15(17)18)10(12)14-11/h2-5H,1H3,(H2,12,13,14). The van der Waals surface area contributed by atoms with Gasteiger partial charge in [0.1, 0.15) is 6.20 Å². The van der Waals surface area contributed by atoms with Crippen LogP contribution in [-0.4, -0.2) is 19.8 Å². The van der Waals surface area contributed by atoms with E-state index in [4.69, 9.17) is 10.5 Å². The van der Waals surface area contributed by atoms with Gasteiger partial charge in [0.05, 0.1) is 9.85 Å². The fourth-order valence-electron chi connectivity index (χ4n) is 1.61. The molecule has 0 saturated carbocycles. The number of anilines is 1. The molecule has 0 aliphatic rings. The summed E-state index contributed by atoms with van der Waals surface area (Å²) in [5, 5.41) is 21.6. The first-order valence-corrected chi connectivity index (χ1v) is 5.59. The number of aromatic nitrogens is 2. The lowest BCUT2D eigenvalue weighted by Gasteiger charge is -2.06. The summed E-state index contributed by atoms with van der Waals surface area (Å²) in [6.07, 6.45) is 0.874. The van der Waals surface area contributed by atoms with Crippen LogP contribution >= 0.6 is 0 Å². The SMILES string of the molecule is Cc1cccc(Oc2ncc([N+](=O)[O-])c(N)n2)c1[N+](=O)[O-]. The van der Waals surface area contributed by atoms with Crippen LogP contribution in [0, 0.1) is 27.2 Å². The Bertz CT molecular complexity index is 733. The number of nitro groups is 2. The Labute approximate surface area is 117 Å². The van der Waals surface area contributed by atoms with Crippen LogP contribution in [-0.2, 0) is 0 Å². The minimum atomic E-state index is -0.742. The number of hydrogen-bond acceptors (Lipinski definition) is 8. The van der Waals surface area contributed by atoms with E-state index in [1.165, 1.54) is 6.07 Å². The maximum absolute atomic E-state index is 11.0. The Hall–Kier alpha value is -3.30. The van der Waals surface area contributed by atoms with Gasteiger partial charge in [-0.2, -0.15) is 9.97 Å². The highest BCUT2D eigenvalue weighted by atomic mass is 16.6. The summed E-state index contributed by atoms with van der Waals surface area (Å²) in [6.45, 7) is 1.55. The van der Waals surface area contributed by atoms with E-state index in [9.17, 15) is 20.2 Å². The van der Waals surface area contributed by atoms with Crippen molar-refractivity contribution < 1.29 is 14.6 Å². The van der Waals surface area contributed by atoms with Crippen LogP contribution in [0.5, 0.6) is 11.8 Å². The lowest BCUT2D eigenvalue weighted by molar-refractivity contribution is -0.386. The lowest BCUT2D eigenvalue weighted by atomic mass is 10.2. The third kappa shape index (κ3) is 2.83. The van der Waals surface area contributed by atoms with Crippen molar-refractivity contribution in [1.82, 2.24) is 9.97 Å². The van der Waals surface area contributed by atoms with Crippen LogP contribution in [0.15, 0.2) is 24.4 Å². The molecule has 0 radical (unpaired) electrons. The van der Waals surface area contributed by atoms with E-state index in [-0.39, 0.29) is 23.3 Å². The molecule has 108 valence electrons. The van der Waals surface area contributed by atoms with E-state index < -0.39 is 15.5 Å². The van der Waals surface area contributed by atoms with Gasteiger partial charge in [0.25, 0.3) is 0 Å². The van der Waals surface area contributed by atoms with Gasteiger partial charge in [-0.05, 0) is 13.0 Å². The molecule has 0 aliphatic carbocycles. The Morgan fingerprint density at radius 2 is 1.95 bits per heavy atom. The van der Waals surface area contributed by atoms with E-state index in [0.717, 1.165) is 6.20 Å². The number of nitrogens with two attached hydrogens (primary N) is 1. The summed E-state index contributed by atoms with van der Waals surface area (Å²) in [5.74, 6) is -0.464. The fraction of sp³-hybridized carbons (Fsp3) is 0.0909. The third-order valence-corrected chi connectivity index (χ3v) is 2.56. The molecule has 1 heterocycles. The topological polar surface area (TPSA) is 147 Å². The highest BCUT2D eigenvalue weighted by molar-refractivity contribution is 5.54. The zero-order valence-corrected chi connectivity index (χ0v) is 10.7. The number of nitro benzene ring substituents is 1. The summed E-state index contributed by atoms with van der Waals surface area (Å²) in [4.78, 5) is 27.5. The van der Waals surface area contributed by atoms with Gasteiger partial charge in [0.15, 0.2) is 0 Å². The molecular formula is C11H9N5O5. The Morgan fingerprint density at radius 3 is 2.52 bits per heavy atom. The molecule has 0 amide bonds. The van der Waals surface area contributed by atoms with Gasteiger partial charge >= 0.3 is 17.4 Å². The van der Waals surface area contributed by atoms with Gasteiger partial charge in [0.2, 0.25) is 11.6 Å². The summed E-state index contributed by atoms with van der Waals surface area (Å²) >= 11 is 0. The number of benzene rings is 1. The number of hydrogen-bond donors (Lipinski definition) is 1. The second-order valence-corrected chi connectivity index (χ2v) is 3.96. The number of nitrogens with zero attached hydrogens (tertiary/aromatic N) is 4. The predicted molar refractivity (Wildman–Crippen MR) is 71.0 cm³/mol. The van der Waals surface area contributed by atoms with E-state index in [1.54, 1.807) is 19.1 Å². The minimum absolute atomic E-state index is 0.0757. The van der Waals surface area contributed by atoms with Crippen molar-refractivity contribution in [1.29, 1.82) is 0 Å². The molecule has 2 aromatic rings. The second-order valence-electron chi connectivity index (χ2n) is 3.96. The van der Waals surface area contributed by atoms with Gasteiger partial charge in [-0.25, -0.2) is 0 Å². The van der Waals surface area contributed by atoms with Gasteiger partial charge in [-0.1, -0.05) is 12.1 Å². The van der Waals surface area contributed by atoms with Gasteiger partial charge < -0.3 is 10.5 Å². The first-order chi connectivity index (χ1) is 9.90. The van der Waals surface area contributed by atoms with E-state index in [2.05, 4.69) is 9.97 Å². The van der Waals surface area contributed by atoms with Crippen LogP contribution in [0.25, 0.3) is 0 Å². The fourth-order valence-corrected chi connectivity index (χ4v) is 1.61. The van der Waals surface area contributed by atoms with Crippen molar-refractivity contribution in [2.75, 3.05) is 5.73 Å². The minimum Gasteiger partial charge on any atom is -0.417 e. The number of rotatable bonds is 4. The number of nitrogen functional groups attached to an aromatic ring is 1. The molecule has 10 heteroatoms. The average molecular weight is 291 g/mol. The molecule has 1 aromatic heterocycles. The maximum Gasteiger partial charge on any atom is 0.329 e. The number of para-hydroxylation sites is 1. The summed E-state index contributed by atoms with van der Waals surface area (Å²) in [5.41, 5.74) is 5.08. The number of ether oxygens (including phenoxy) is 1. The zero-order valence-electron chi connectivity index (χ0n) is 10.7. The molecule has 2 N–H and O–H groups in total. The first-order valence-electron chi connectivity index (χ1n) is 5.59. The van der Waals surface area contributed by atoms with E-state index >= 15 is 0 Å². The third-order valence-electron chi connectivity index (χ3n) is 2.56. The molecule has 0 atom stereocenters. The van der Waals surface area contributed by atoms with Crippen molar-refractivity contribution in [3.05, 3.63) is 50.2 Å². The molecule has 10 nitrogen and oxygen atoms in total. The van der Waals surface area contributed by atoms with Crippen LogP contribution in [0.4, 0.5) is 17.2 Å². The smallest absolute Gasteiger partial charge is 0.329 e. The average Bonchev–Trinajstić information content (AvgIpc) is 2.37. The van der Waals surface area contributed by atoms with Crippen molar-refractivity contribution in [3.8, 4) is 11.8 Å². The van der Waals surface area contributed by atoms with Crippen LogP contribution in [0.2, 0.25) is 0 Å². The molecule has 0 saturated heterocycles. The number of aryl methyl sites for hydroxylation is 1. The van der Waals surface area contributed by atoms with Gasteiger partial charge in [-0.3, -0.25) is 20.2 Å². The van der Waals surface area contributed by atoms with E-state index in [1.807, 2.05) is 0 Å². The largest absolute Gasteiger partial charge is 0.417 e. The molecule has 2 rings (SSSR count). The first kappa shape index (κ1) is 14.1. The molecular weight excluding hydrogens is 282 g/mol. The monoisotopic (exact) mass is 291 g/mol. The van der Waals surface area contributed by atoms with E-state index in [0.29, 0.717) is 5.56 Å². The maximum atomic E-state index is 11.0. The summed E-state index contributed by atoms with van der Waals surface area (Å²) in [6, 6.07) is 4.17.